The van der Waals surface area contributed by atoms with Gasteiger partial charge >= 0.3 is 0 Å². The van der Waals surface area contributed by atoms with Crippen LogP contribution in [-0.2, 0) is 6.42 Å². The minimum Gasteiger partial charge on any atom is -0.339 e. The van der Waals surface area contributed by atoms with Crippen LogP contribution in [0.4, 0.5) is 4.39 Å². The van der Waals surface area contributed by atoms with Crippen LogP contribution in [0.1, 0.15) is 35.7 Å². The number of hydrogen-bond donors (Lipinski definition) is 0. The quantitative estimate of drug-likeness (QED) is 0.671. The van der Waals surface area contributed by atoms with E-state index in [0.717, 1.165) is 24.8 Å². The lowest BCUT2D eigenvalue weighted by Gasteiger charge is -2.39. The van der Waals surface area contributed by atoms with Gasteiger partial charge in [0.25, 0.3) is 5.91 Å². The van der Waals surface area contributed by atoms with Gasteiger partial charge < -0.3 is 4.90 Å². The fourth-order valence-corrected chi connectivity index (χ4v) is 3.90. The maximum atomic E-state index is 13.2. The van der Waals surface area contributed by atoms with Gasteiger partial charge in [0.2, 0.25) is 0 Å². The molecule has 4 rings (SSSR count). The maximum Gasteiger partial charge on any atom is 0.256 e. The second-order valence-corrected chi connectivity index (χ2v) is 7.90. The van der Waals surface area contributed by atoms with Gasteiger partial charge in [0.15, 0.2) is 0 Å². The van der Waals surface area contributed by atoms with Crippen molar-refractivity contribution in [1.29, 1.82) is 0 Å². The van der Waals surface area contributed by atoms with Crippen LogP contribution >= 0.6 is 0 Å². The number of amides is 1. The van der Waals surface area contributed by atoms with Gasteiger partial charge in [-0.3, -0.25) is 9.78 Å². The molecule has 1 saturated heterocycles. The van der Waals surface area contributed by atoms with E-state index in [-0.39, 0.29) is 17.1 Å². The van der Waals surface area contributed by atoms with Crippen molar-refractivity contribution in [3.63, 3.8) is 0 Å². The molecule has 29 heavy (non-hydrogen) atoms. The Morgan fingerprint density at radius 1 is 1.07 bits per heavy atom. The summed E-state index contributed by atoms with van der Waals surface area (Å²) in [7, 11) is 0. The minimum atomic E-state index is -0.213. The molecule has 0 N–H and O–H groups in total. The molecule has 0 spiro atoms. The summed E-state index contributed by atoms with van der Waals surface area (Å²) < 4.78 is 13.2. The molecule has 0 unspecified atom stereocenters. The lowest BCUT2D eigenvalue weighted by atomic mass is 9.75. The van der Waals surface area contributed by atoms with E-state index in [1.54, 1.807) is 30.6 Å². The number of benzene rings is 1. The lowest BCUT2D eigenvalue weighted by molar-refractivity contribution is 0.0607. The summed E-state index contributed by atoms with van der Waals surface area (Å²) in [6.45, 7) is 3.62. The zero-order valence-corrected chi connectivity index (χ0v) is 16.4. The first-order valence-electron chi connectivity index (χ1n) is 9.79. The highest BCUT2D eigenvalue weighted by Gasteiger charge is 2.33. The van der Waals surface area contributed by atoms with E-state index in [9.17, 15) is 9.18 Å². The molecule has 1 aliphatic heterocycles. The van der Waals surface area contributed by atoms with Crippen LogP contribution in [-0.4, -0.2) is 38.8 Å². The first kappa shape index (κ1) is 19.2. The fraction of sp³-hybridized carbons (Fsp3) is 0.304. The van der Waals surface area contributed by atoms with Gasteiger partial charge in [0.05, 0.1) is 11.3 Å². The van der Waals surface area contributed by atoms with Gasteiger partial charge in [0.1, 0.15) is 17.8 Å². The van der Waals surface area contributed by atoms with Crippen molar-refractivity contribution in [1.82, 2.24) is 19.9 Å². The number of rotatable bonds is 4. The standard InChI is InChI=1S/C23H23FN4O/c1-23(15-17-4-6-18(24)7-5-17)9-13-28(14-10-23)22(29)19-3-2-11-26-21(19)20-8-12-25-16-27-20/h2-8,11-12,16H,9-10,13-15H2,1H3. The summed E-state index contributed by atoms with van der Waals surface area (Å²) in [5, 5.41) is 0. The van der Waals surface area contributed by atoms with E-state index < -0.39 is 0 Å². The zero-order valence-electron chi connectivity index (χ0n) is 16.4. The molecule has 5 nitrogen and oxygen atoms in total. The molecular formula is C23H23FN4O. The smallest absolute Gasteiger partial charge is 0.256 e. The average molecular weight is 390 g/mol. The predicted molar refractivity (Wildman–Crippen MR) is 109 cm³/mol. The topological polar surface area (TPSA) is 59.0 Å². The molecule has 0 radical (unpaired) electrons. The van der Waals surface area contributed by atoms with E-state index in [4.69, 9.17) is 0 Å². The van der Waals surface area contributed by atoms with E-state index in [2.05, 4.69) is 21.9 Å². The van der Waals surface area contributed by atoms with Crippen LogP contribution in [0, 0.1) is 11.2 Å². The molecule has 148 valence electrons. The Bertz CT molecular complexity index is 983. The Morgan fingerprint density at radius 2 is 1.83 bits per heavy atom. The molecule has 0 atom stereocenters. The summed E-state index contributed by atoms with van der Waals surface area (Å²) in [6, 6.07) is 12.1. The van der Waals surface area contributed by atoms with Crippen molar-refractivity contribution >= 4 is 5.91 Å². The third kappa shape index (κ3) is 4.31. The largest absolute Gasteiger partial charge is 0.339 e. The first-order valence-corrected chi connectivity index (χ1v) is 9.79. The molecule has 0 saturated carbocycles. The SMILES string of the molecule is CC1(Cc2ccc(F)cc2)CCN(C(=O)c2cccnc2-c2ccncn2)CC1. The van der Waals surface area contributed by atoms with E-state index in [0.29, 0.717) is 30.0 Å². The van der Waals surface area contributed by atoms with Gasteiger partial charge in [-0.05, 0) is 60.6 Å². The molecule has 2 aromatic heterocycles. The Balaban J connectivity index is 1.47. The van der Waals surface area contributed by atoms with Gasteiger partial charge in [-0.15, -0.1) is 0 Å². The van der Waals surface area contributed by atoms with Gasteiger partial charge in [-0.1, -0.05) is 19.1 Å². The van der Waals surface area contributed by atoms with Crippen LogP contribution in [0.5, 0.6) is 0 Å². The highest BCUT2D eigenvalue weighted by atomic mass is 19.1. The number of likely N-dealkylation sites (tertiary alicyclic amines) is 1. The molecule has 3 aromatic rings. The third-order valence-corrected chi connectivity index (χ3v) is 5.66. The molecule has 1 aliphatic rings. The number of carbonyl (C=O) groups excluding carboxylic acids is 1. The molecule has 0 bridgehead atoms. The summed E-state index contributed by atoms with van der Waals surface area (Å²) in [5.74, 6) is -0.231. The van der Waals surface area contributed by atoms with Crippen molar-refractivity contribution in [3.8, 4) is 11.4 Å². The monoisotopic (exact) mass is 390 g/mol. The van der Waals surface area contributed by atoms with Crippen LogP contribution in [0.25, 0.3) is 11.4 Å². The molecule has 1 aromatic carbocycles. The first-order chi connectivity index (χ1) is 14.0. The predicted octanol–water partition coefficient (Wildman–Crippen LogP) is 4.16. The van der Waals surface area contributed by atoms with Crippen LogP contribution in [0.15, 0.2) is 61.2 Å². The fourth-order valence-electron chi connectivity index (χ4n) is 3.90. The number of aromatic nitrogens is 3. The van der Waals surface area contributed by atoms with Crippen molar-refractivity contribution in [3.05, 3.63) is 78.1 Å². The molecule has 1 amide bonds. The minimum absolute atomic E-state index is 0.0180. The van der Waals surface area contributed by atoms with Crippen molar-refractivity contribution < 1.29 is 9.18 Å². The normalized spacial score (nSPS) is 15.9. The number of piperidine rings is 1. The third-order valence-electron chi connectivity index (χ3n) is 5.66. The number of hydrogen-bond acceptors (Lipinski definition) is 4. The molecular weight excluding hydrogens is 367 g/mol. The summed E-state index contributed by atoms with van der Waals surface area (Å²) in [4.78, 5) is 27.7. The van der Waals surface area contributed by atoms with Crippen molar-refractivity contribution in [2.75, 3.05) is 13.1 Å². The van der Waals surface area contributed by atoms with Crippen LogP contribution in [0.2, 0.25) is 0 Å². The Hall–Kier alpha value is -3.15. The highest BCUT2D eigenvalue weighted by molar-refractivity contribution is 5.99. The van der Waals surface area contributed by atoms with Crippen molar-refractivity contribution in [2.45, 2.75) is 26.2 Å². The Labute approximate surface area is 169 Å². The molecule has 1 fully saturated rings. The van der Waals surface area contributed by atoms with Crippen LogP contribution < -0.4 is 0 Å². The average Bonchev–Trinajstić information content (AvgIpc) is 2.76. The van der Waals surface area contributed by atoms with Crippen LogP contribution in [0.3, 0.4) is 0 Å². The van der Waals surface area contributed by atoms with E-state index in [1.165, 1.54) is 18.5 Å². The number of halogens is 1. The second-order valence-electron chi connectivity index (χ2n) is 7.90. The summed E-state index contributed by atoms with van der Waals surface area (Å²) >= 11 is 0. The lowest BCUT2D eigenvalue weighted by Crippen LogP contribution is -2.43. The van der Waals surface area contributed by atoms with Gasteiger partial charge in [-0.25, -0.2) is 14.4 Å². The number of pyridine rings is 1. The van der Waals surface area contributed by atoms with E-state index in [1.807, 2.05) is 17.0 Å². The number of carbonyl (C=O) groups is 1. The second kappa shape index (κ2) is 8.07. The Morgan fingerprint density at radius 3 is 2.52 bits per heavy atom. The van der Waals surface area contributed by atoms with Gasteiger partial charge in [-0.2, -0.15) is 0 Å². The summed E-state index contributed by atoms with van der Waals surface area (Å²) in [5.41, 5.74) is 3.01. The Kier molecular flexibility index (Phi) is 5.34. The molecule has 6 heteroatoms. The highest BCUT2D eigenvalue weighted by Crippen LogP contribution is 2.35. The number of nitrogens with zero attached hydrogens (tertiary/aromatic N) is 4. The van der Waals surface area contributed by atoms with Crippen molar-refractivity contribution in [2.24, 2.45) is 5.41 Å². The van der Waals surface area contributed by atoms with E-state index >= 15 is 0 Å². The van der Waals surface area contributed by atoms with Gasteiger partial charge in [0, 0.05) is 25.5 Å². The molecule has 0 aliphatic carbocycles. The summed E-state index contributed by atoms with van der Waals surface area (Å²) in [6.07, 6.45) is 7.46. The molecule has 3 heterocycles. The maximum absolute atomic E-state index is 13.2. The zero-order chi connectivity index (χ0) is 20.3.